The summed E-state index contributed by atoms with van der Waals surface area (Å²) < 4.78 is 13.0. The first-order chi connectivity index (χ1) is 8.72. The van der Waals surface area contributed by atoms with Crippen LogP contribution in [0.2, 0.25) is 0 Å². The van der Waals surface area contributed by atoms with Crippen LogP contribution >= 0.6 is 0 Å². The molecule has 3 aromatic rings. The molecule has 1 N–H and O–H groups in total. The summed E-state index contributed by atoms with van der Waals surface area (Å²) in [6, 6.07) is 7.96. The minimum absolute atomic E-state index is 0.103. The Balaban J connectivity index is 2.16. The second-order valence-corrected chi connectivity index (χ2v) is 3.99. The van der Waals surface area contributed by atoms with Gasteiger partial charge in [0.1, 0.15) is 11.6 Å². The Morgan fingerprint density at radius 2 is 1.78 bits per heavy atom. The van der Waals surface area contributed by atoms with Crippen LogP contribution in [0.25, 0.3) is 22.0 Å². The second-order valence-electron chi connectivity index (χ2n) is 3.99. The summed E-state index contributed by atoms with van der Waals surface area (Å²) in [6.45, 7) is 0. The molecule has 0 atom stereocenters. The molecule has 0 unspecified atom stereocenters. The Bertz CT molecular complexity index is 728. The number of rotatable bonds is 1. The van der Waals surface area contributed by atoms with Crippen molar-refractivity contribution in [2.24, 2.45) is 0 Å². The smallest absolute Gasteiger partial charge is 0.134 e. The summed E-state index contributed by atoms with van der Waals surface area (Å²) in [5, 5.41) is 10.2. The van der Waals surface area contributed by atoms with Crippen LogP contribution in [0.15, 0.2) is 48.9 Å². The van der Waals surface area contributed by atoms with Gasteiger partial charge in [0.15, 0.2) is 0 Å². The van der Waals surface area contributed by atoms with Gasteiger partial charge in [0.25, 0.3) is 0 Å². The lowest BCUT2D eigenvalue weighted by Gasteiger charge is -2.03. The molecule has 0 saturated carbocycles. The lowest BCUT2D eigenvalue weighted by molar-refractivity contribution is 0.473. The average Bonchev–Trinajstić information content (AvgIpc) is 2.38. The van der Waals surface area contributed by atoms with Crippen molar-refractivity contribution in [1.82, 2.24) is 9.97 Å². The predicted octanol–water partition coefficient (Wildman–Crippen LogP) is 3.14. The van der Waals surface area contributed by atoms with Gasteiger partial charge < -0.3 is 5.11 Å². The zero-order chi connectivity index (χ0) is 12.5. The summed E-state index contributed by atoms with van der Waals surface area (Å²) in [7, 11) is 0. The van der Waals surface area contributed by atoms with Gasteiger partial charge in [-0.25, -0.2) is 4.39 Å². The number of halogens is 1. The fourth-order valence-corrected chi connectivity index (χ4v) is 1.84. The van der Waals surface area contributed by atoms with Crippen LogP contribution in [0, 0.1) is 5.82 Å². The molecule has 2 heterocycles. The van der Waals surface area contributed by atoms with E-state index in [-0.39, 0.29) is 11.6 Å². The van der Waals surface area contributed by atoms with Crippen molar-refractivity contribution in [2.45, 2.75) is 0 Å². The lowest BCUT2D eigenvalue weighted by Crippen LogP contribution is -1.85. The van der Waals surface area contributed by atoms with Gasteiger partial charge in [0.2, 0.25) is 0 Å². The van der Waals surface area contributed by atoms with Gasteiger partial charge in [0, 0.05) is 35.0 Å². The third-order valence-electron chi connectivity index (χ3n) is 2.70. The van der Waals surface area contributed by atoms with Crippen molar-refractivity contribution in [3.8, 4) is 16.9 Å². The fraction of sp³-hybridized carbons (Fsp3) is 0. The second kappa shape index (κ2) is 4.07. The highest BCUT2D eigenvalue weighted by Gasteiger charge is 2.03. The van der Waals surface area contributed by atoms with Gasteiger partial charge in [-0.15, -0.1) is 0 Å². The van der Waals surface area contributed by atoms with E-state index in [0.29, 0.717) is 5.52 Å². The number of aromatic hydroxyl groups is 1. The molecule has 0 bridgehead atoms. The molecule has 0 aliphatic carbocycles. The molecule has 2 aromatic heterocycles. The SMILES string of the molecule is Oc1cncc(-c2cnc3cc(F)ccc3c2)c1. The molecule has 0 amide bonds. The monoisotopic (exact) mass is 240 g/mol. The zero-order valence-corrected chi connectivity index (χ0v) is 9.34. The topological polar surface area (TPSA) is 46.0 Å². The summed E-state index contributed by atoms with van der Waals surface area (Å²) in [5.74, 6) is -0.200. The molecular formula is C14H9FN2O. The number of pyridine rings is 2. The molecule has 0 spiro atoms. The Morgan fingerprint density at radius 3 is 2.61 bits per heavy atom. The van der Waals surface area contributed by atoms with E-state index in [0.717, 1.165) is 16.5 Å². The highest BCUT2D eigenvalue weighted by atomic mass is 19.1. The minimum atomic E-state index is -0.304. The van der Waals surface area contributed by atoms with E-state index >= 15 is 0 Å². The Hall–Kier alpha value is -2.49. The molecular weight excluding hydrogens is 231 g/mol. The first kappa shape index (κ1) is 10.7. The molecule has 4 heteroatoms. The van der Waals surface area contributed by atoms with Gasteiger partial charge in [0.05, 0.1) is 11.7 Å². The summed E-state index contributed by atoms with van der Waals surface area (Å²) in [4.78, 5) is 8.12. The van der Waals surface area contributed by atoms with Crippen LogP contribution in [0.4, 0.5) is 4.39 Å². The van der Waals surface area contributed by atoms with E-state index < -0.39 is 0 Å². The summed E-state index contributed by atoms with van der Waals surface area (Å²) >= 11 is 0. The Labute approximate surface area is 103 Å². The minimum Gasteiger partial charge on any atom is -0.506 e. The predicted molar refractivity (Wildman–Crippen MR) is 66.6 cm³/mol. The maximum Gasteiger partial charge on any atom is 0.134 e. The number of fused-ring (bicyclic) bond motifs is 1. The normalized spacial score (nSPS) is 10.7. The van der Waals surface area contributed by atoms with Gasteiger partial charge in [-0.05, 0) is 24.3 Å². The van der Waals surface area contributed by atoms with Crippen LogP contribution in [0.3, 0.4) is 0 Å². The molecule has 0 aliphatic heterocycles. The van der Waals surface area contributed by atoms with Crippen molar-refractivity contribution in [2.75, 3.05) is 0 Å². The first-order valence-corrected chi connectivity index (χ1v) is 5.42. The van der Waals surface area contributed by atoms with E-state index in [4.69, 9.17) is 0 Å². The van der Waals surface area contributed by atoms with Gasteiger partial charge in [-0.2, -0.15) is 0 Å². The highest BCUT2D eigenvalue weighted by molar-refractivity contribution is 5.83. The van der Waals surface area contributed by atoms with E-state index in [9.17, 15) is 9.50 Å². The molecule has 3 nitrogen and oxygen atoms in total. The van der Waals surface area contributed by atoms with Crippen LogP contribution in [0.5, 0.6) is 5.75 Å². The Morgan fingerprint density at radius 1 is 0.944 bits per heavy atom. The van der Waals surface area contributed by atoms with Crippen LogP contribution in [-0.2, 0) is 0 Å². The van der Waals surface area contributed by atoms with Crippen molar-refractivity contribution >= 4 is 10.9 Å². The maximum atomic E-state index is 13.0. The molecule has 18 heavy (non-hydrogen) atoms. The highest BCUT2D eigenvalue weighted by Crippen LogP contribution is 2.24. The van der Waals surface area contributed by atoms with Gasteiger partial charge >= 0.3 is 0 Å². The largest absolute Gasteiger partial charge is 0.506 e. The van der Waals surface area contributed by atoms with Gasteiger partial charge in [-0.3, -0.25) is 9.97 Å². The van der Waals surface area contributed by atoms with E-state index in [1.165, 1.54) is 18.3 Å². The van der Waals surface area contributed by atoms with Gasteiger partial charge in [-0.1, -0.05) is 0 Å². The third-order valence-corrected chi connectivity index (χ3v) is 2.70. The van der Waals surface area contributed by atoms with E-state index in [1.54, 1.807) is 24.5 Å². The molecule has 1 aromatic carbocycles. The maximum absolute atomic E-state index is 13.0. The molecule has 0 saturated heterocycles. The van der Waals surface area contributed by atoms with Crippen LogP contribution in [-0.4, -0.2) is 15.1 Å². The first-order valence-electron chi connectivity index (χ1n) is 5.42. The van der Waals surface area contributed by atoms with Crippen molar-refractivity contribution in [3.05, 3.63) is 54.7 Å². The Kier molecular flexibility index (Phi) is 2.41. The average molecular weight is 240 g/mol. The molecule has 3 rings (SSSR count). The van der Waals surface area contributed by atoms with Crippen molar-refractivity contribution < 1.29 is 9.50 Å². The molecule has 0 radical (unpaired) electrons. The van der Waals surface area contributed by atoms with Crippen LogP contribution in [0.1, 0.15) is 0 Å². The van der Waals surface area contributed by atoms with Crippen molar-refractivity contribution in [3.63, 3.8) is 0 Å². The zero-order valence-electron chi connectivity index (χ0n) is 9.34. The molecule has 0 fully saturated rings. The lowest BCUT2D eigenvalue weighted by atomic mass is 10.1. The van der Waals surface area contributed by atoms with E-state index in [1.807, 2.05) is 6.07 Å². The summed E-state index contributed by atoms with van der Waals surface area (Å²) in [6.07, 6.45) is 4.65. The van der Waals surface area contributed by atoms with Crippen molar-refractivity contribution in [1.29, 1.82) is 0 Å². The van der Waals surface area contributed by atoms with Crippen LogP contribution < -0.4 is 0 Å². The number of nitrogens with zero attached hydrogens (tertiary/aromatic N) is 2. The molecule has 0 aliphatic rings. The number of hydrogen-bond acceptors (Lipinski definition) is 3. The number of benzene rings is 1. The molecule has 88 valence electrons. The van der Waals surface area contributed by atoms with E-state index in [2.05, 4.69) is 9.97 Å². The third kappa shape index (κ3) is 1.88. The number of aromatic nitrogens is 2. The fourth-order valence-electron chi connectivity index (χ4n) is 1.84. The summed E-state index contributed by atoms with van der Waals surface area (Å²) in [5.41, 5.74) is 2.21. The standard InChI is InChI=1S/C14H9FN2O/c15-12-2-1-9-3-10(7-17-14(9)5-12)11-4-13(18)8-16-6-11/h1-8,18H. The number of hydrogen-bond donors (Lipinski definition) is 1. The quantitative estimate of drug-likeness (QED) is 0.710.